The largest absolute Gasteiger partial charge is 0.480 e. The van der Waals surface area contributed by atoms with E-state index in [1.54, 1.807) is 18.9 Å². The van der Waals surface area contributed by atoms with Crippen molar-refractivity contribution in [2.75, 3.05) is 31.8 Å². The van der Waals surface area contributed by atoms with E-state index in [1.165, 1.54) is 0 Å². The summed E-state index contributed by atoms with van der Waals surface area (Å²) in [7, 11) is 1.67. The maximum absolute atomic E-state index is 10.8. The van der Waals surface area contributed by atoms with E-state index < -0.39 is 12.0 Å². The quantitative estimate of drug-likeness (QED) is 0.557. The van der Waals surface area contributed by atoms with Gasteiger partial charge in [0.1, 0.15) is 6.04 Å². The Bertz CT molecular complexity index is 167. The van der Waals surface area contributed by atoms with Crippen molar-refractivity contribution in [3.8, 4) is 0 Å². The third-order valence-electron chi connectivity index (χ3n) is 1.92. The van der Waals surface area contributed by atoms with Gasteiger partial charge in [0.15, 0.2) is 0 Å². The average Bonchev–Trinajstić information content (AvgIpc) is 2.21. The van der Waals surface area contributed by atoms with Crippen LogP contribution in [-0.2, 0) is 9.53 Å². The highest BCUT2D eigenvalue weighted by Crippen LogP contribution is 2.05. The number of ether oxygens (including phenoxy) is 1. The molecule has 0 aliphatic carbocycles. The third-order valence-corrected chi connectivity index (χ3v) is 2.90. The van der Waals surface area contributed by atoms with Crippen LogP contribution in [0, 0.1) is 0 Å². The van der Waals surface area contributed by atoms with Crippen molar-refractivity contribution >= 4 is 17.7 Å². The number of methoxy groups -OCH3 is 1. The number of rotatable bonds is 10. The van der Waals surface area contributed by atoms with E-state index in [1.807, 2.05) is 6.92 Å². The van der Waals surface area contributed by atoms with Gasteiger partial charge in [0, 0.05) is 12.9 Å². The molecule has 0 aliphatic rings. The van der Waals surface area contributed by atoms with E-state index in [0.29, 0.717) is 6.42 Å². The van der Waals surface area contributed by atoms with E-state index in [9.17, 15) is 4.79 Å². The highest BCUT2D eigenvalue weighted by atomic mass is 32.2. The van der Waals surface area contributed by atoms with Gasteiger partial charge >= 0.3 is 5.97 Å². The summed E-state index contributed by atoms with van der Waals surface area (Å²) in [5.74, 6) is 1.03. The van der Waals surface area contributed by atoms with Crippen molar-refractivity contribution in [2.45, 2.75) is 25.8 Å². The van der Waals surface area contributed by atoms with Crippen LogP contribution in [0.25, 0.3) is 0 Å². The van der Waals surface area contributed by atoms with Crippen LogP contribution in [-0.4, -0.2) is 48.9 Å². The highest BCUT2D eigenvalue weighted by Gasteiger charge is 2.15. The van der Waals surface area contributed by atoms with Crippen molar-refractivity contribution in [3.05, 3.63) is 0 Å². The van der Waals surface area contributed by atoms with Crippen LogP contribution < -0.4 is 5.32 Å². The summed E-state index contributed by atoms with van der Waals surface area (Å²) in [5, 5.41) is 11.9. The molecule has 2 N–H and O–H groups in total. The number of thioether (sulfide) groups is 1. The smallest absolute Gasteiger partial charge is 0.320 e. The first kappa shape index (κ1) is 14.7. The van der Waals surface area contributed by atoms with E-state index >= 15 is 0 Å². The summed E-state index contributed by atoms with van der Waals surface area (Å²) in [6, 6.07) is -0.403. The molecule has 0 heterocycles. The first-order valence-electron chi connectivity index (χ1n) is 5.25. The Morgan fingerprint density at radius 1 is 1.53 bits per heavy atom. The van der Waals surface area contributed by atoms with Crippen molar-refractivity contribution in [1.82, 2.24) is 5.32 Å². The molecular formula is C10H21NO3S. The summed E-state index contributed by atoms with van der Waals surface area (Å²) in [5.41, 5.74) is 0. The maximum atomic E-state index is 10.8. The van der Waals surface area contributed by atoms with Gasteiger partial charge in [-0.2, -0.15) is 11.8 Å². The Morgan fingerprint density at radius 3 is 2.80 bits per heavy atom. The molecule has 4 nitrogen and oxygen atoms in total. The molecule has 1 unspecified atom stereocenters. The number of hydrogen-bond donors (Lipinski definition) is 2. The second-order valence-electron chi connectivity index (χ2n) is 3.24. The first-order valence-corrected chi connectivity index (χ1v) is 6.40. The van der Waals surface area contributed by atoms with Gasteiger partial charge in [-0.15, -0.1) is 0 Å². The van der Waals surface area contributed by atoms with Gasteiger partial charge in [-0.25, -0.2) is 0 Å². The van der Waals surface area contributed by atoms with Crippen LogP contribution in [0.15, 0.2) is 0 Å². The van der Waals surface area contributed by atoms with Crippen molar-refractivity contribution in [2.24, 2.45) is 0 Å². The standard InChI is InChI=1S/C10H21NO3S/c1-3-5-11-9(10(12)13)4-7-15-8-6-14-2/h9,11H,3-8H2,1-2H3,(H,12,13). The fourth-order valence-corrected chi connectivity index (χ4v) is 1.97. The second-order valence-corrected chi connectivity index (χ2v) is 4.46. The summed E-state index contributed by atoms with van der Waals surface area (Å²) in [4.78, 5) is 10.8. The van der Waals surface area contributed by atoms with Gasteiger partial charge in [-0.1, -0.05) is 6.92 Å². The molecule has 0 aromatic rings. The Labute approximate surface area is 95.8 Å². The van der Waals surface area contributed by atoms with Gasteiger partial charge in [0.25, 0.3) is 0 Å². The summed E-state index contributed by atoms with van der Waals surface area (Å²) >= 11 is 1.73. The van der Waals surface area contributed by atoms with Crippen LogP contribution in [0.3, 0.4) is 0 Å². The van der Waals surface area contributed by atoms with E-state index in [4.69, 9.17) is 9.84 Å². The van der Waals surface area contributed by atoms with E-state index in [0.717, 1.165) is 31.1 Å². The second kappa shape index (κ2) is 10.3. The van der Waals surface area contributed by atoms with Gasteiger partial charge in [-0.3, -0.25) is 4.79 Å². The van der Waals surface area contributed by atoms with Gasteiger partial charge < -0.3 is 15.2 Å². The van der Waals surface area contributed by atoms with Crippen molar-refractivity contribution in [3.63, 3.8) is 0 Å². The number of carboxylic acids is 1. The monoisotopic (exact) mass is 235 g/mol. The molecule has 0 amide bonds. The predicted octanol–water partition coefficient (Wildman–Crippen LogP) is 1.21. The molecule has 0 aromatic heterocycles. The van der Waals surface area contributed by atoms with E-state index in [-0.39, 0.29) is 0 Å². The molecule has 0 aliphatic heterocycles. The molecule has 0 saturated heterocycles. The molecule has 0 fully saturated rings. The lowest BCUT2D eigenvalue weighted by Gasteiger charge is -2.13. The van der Waals surface area contributed by atoms with Crippen LogP contribution in [0.1, 0.15) is 19.8 Å². The lowest BCUT2D eigenvalue weighted by molar-refractivity contribution is -0.139. The Kier molecular flexibility index (Phi) is 10.1. The zero-order chi connectivity index (χ0) is 11.5. The Hall–Kier alpha value is -0.260. The predicted molar refractivity (Wildman–Crippen MR) is 63.5 cm³/mol. The molecule has 15 heavy (non-hydrogen) atoms. The molecule has 0 saturated carbocycles. The fourth-order valence-electron chi connectivity index (χ4n) is 1.08. The van der Waals surface area contributed by atoms with E-state index in [2.05, 4.69) is 5.32 Å². The maximum Gasteiger partial charge on any atom is 0.320 e. The molecule has 0 spiro atoms. The molecule has 0 rings (SSSR count). The number of carbonyl (C=O) groups is 1. The number of nitrogens with one attached hydrogen (secondary N) is 1. The molecule has 0 aromatic carbocycles. The average molecular weight is 235 g/mol. The minimum Gasteiger partial charge on any atom is -0.480 e. The zero-order valence-corrected chi connectivity index (χ0v) is 10.3. The highest BCUT2D eigenvalue weighted by molar-refractivity contribution is 7.99. The zero-order valence-electron chi connectivity index (χ0n) is 9.49. The Morgan fingerprint density at radius 2 is 2.27 bits per heavy atom. The van der Waals surface area contributed by atoms with Gasteiger partial charge in [0.2, 0.25) is 0 Å². The van der Waals surface area contributed by atoms with Crippen LogP contribution in [0.2, 0.25) is 0 Å². The molecule has 5 heteroatoms. The lowest BCUT2D eigenvalue weighted by Crippen LogP contribution is -2.37. The Balaban J connectivity index is 3.53. The number of carboxylic acid groups (broad SMARTS) is 1. The van der Waals surface area contributed by atoms with Crippen LogP contribution in [0.4, 0.5) is 0 Å². The fraction of sp³-hybridized carbons (Fsp3) is 0.900. The minimum absolute atomic E-state index is 0.403. The molecule has 90 valence electrons. The summed E-state index contributed by atoms with van der Waals surface area (Å²) < 4.78 is 4.91. The summed E-state index contributed by atoms with van der Waals surface area (Å²) in [6.45, 7) is 3.52. The van der Waals surface area contributed by atoms with Gasteiger partial charge in [0.05, 0.1) is 6.61 Å². The number of aliphatic carboxylic acids is 1. The van der Waals surface area contributed by atoms with Crippen molar-refractivity contribution in [1.29, 1.82) is 0 Å². The van der Waals surface area contributed by atoms with Crippen LogP contribution >= 0.6 is 11.8 Å². The molecule has 0 bridgehead atoms. The third kappa shape index (κ3) is 8.72. The molecular weight excluding hydrogens is 214 g/mol. The lowest BCUT2D eigenvalue weighted by atomic mass is 10.2. The van der Waals surface area contributed by atoms with Crippen molar-refractivity contribution < 1.29 is 14.6 Å². The first-order chi connectivity index (χ1) is 7.22. The normalized spacial score (nSPS) is 12.7. The minimum atomic E-state index is -0.754. The van der Waals surface area contributed by atoms with Crippen LogP contribution in [0.5, 0.6) is 0 Å². The SMILES string of the molecule is CCCNC(CCSCCOC)C(=O)O. The van der Waals surface area contributed by atoms with Gasteiger partial charge in [-0.05, 0) is 25.1 Å². The summed E-state index contributed by atoms with van der Waals surface area (Å²) in [6.07, 6.45) is 1.63. The number of hydrogen-bond acceptors (Lipinski definition) is 4. The molecule has 1 atom stereocenters. The topological polar surface area (TPSA) is 58.6 Å². The molecule has 0 radical (unpaired) electrons.